The molecule has 4 heterocycles. The zero-order valence-electron chi connectivity index (χ0n) is 15.2. The Balaban J connectivity index is 1.42. The van der Waals surface area contributed by atoms with Crippen LogP contribution in [0.15, 0.2) is 12.4 Å². The SMILES string of the molecule is CC[C@@]1(C(=O)NCC2CCOCC2)C[C@@H]2CC[C@H]1N2Cc1ncc[nH]1. The van der Waals surface area contributed by atoms with E-state index in [4.69, 9.17) is 4.74 Å². The number of amides is 1. The van der Waals surface area contributed by atoms with E-state index in [9.17, 15) is 4.79 Å². The maximum Gasteiger partial charge on any atom is 0.227 e. The van der Waals surface area contributed by atoms with Crippen LogP contribution in [0, 0.1) is 11.3 Å². The number of rotatable bonds is 6. The summed E-state index contributed by atoms with van der Waals surface area (Å²) in [5.41, 5.74) is -0.222. The van der Waals surface area contributed by atoms with Crippen LogP contribution in [0.1, 0.15) is 51.3 Å². The molecular formula is C19H30N4O2. The molecule has 3 aliphatic heterocycles. The molecule has 0 radical (unpaired) electrons. The van der Waals surface area contributed by atoms with Gasteiger partial charge in [-0.2, -0.15) is 0 Å². The summed E-state index contributed by atoms with van der Waals surface area (Å²) in [6, 6.07) is 0.867. The molecule has 0 spiro atoms. The fraction of sp³-hybridized carbons (Fsp3) is 0.789. The molecular weight excluding hydrogens is 316 g/mol. The van der Waals surface area contributed by atoms with Gasteiger partial charge in [-0.15, -0.1) is 0 Å². The summed E-state index contributed by atoms with van der Waals surface area (Å²) in [5, 5.41) is 3.31. The minimum absolute atomic E-state index is 0.222. The van der Waals surface area contributed by atoms with Gasteiger partial charge in [-0.1, -0.05) is 6.92 Å². The number of aromatic amines is 1. The van der Waals surface area contributed by atoms with Crippen molar-refractivity contribution in [1.29, 1.82) is 0 Å². The monoisotopic (exact) mass is 346 g/mol. The highest BCUT2D eigenvalue weighted by Crippen LogP contribution is 2.52. The third-order valence-corrected chi connectivity index (χ3v) is 6.74. The highest BCUT2D eigenvalue weighted by molar-refractivity contribution is 5.84. The molecule has 0 aliphatic carbocycles. The number of aromatic nitrogens is 2. The van der Waals surface area contributed by atoms with E-state index in [1.54, 1.807) is 6.20 Å². The molecule has 4 rings (SSSR count). The van der Waals surface area contributed by atoms with Gasteiger partial charge >= 0.3 is 0 Å². The van der Waals surface area contributed by atoms with Gasteiger partial charge in [0.2, 0.25) is 5.91 Å². The van der Waals surface area contributed by atoms with E-state index < -0.39 is 0 Å². The minimum Gasteiger partial charge on any atom is -0.381 e. The number of hydrogen-bond donors (Lipinski definition) is 2. The van der Waals surface area contributed by atoms with Crippen LogP contribution in [0.5, 0.6) is 0 Å². The van der Waals surface area contributed by atoms with Gasteiger partial charge in [-0.3, -0.25) is 9.69 Å². The van der Waals surface area contributed by atoms with Crippen molar-refractivity contribution < 1.29 is 9.53 Å². The average molecular weight is 346 g/mol. The lowest BCUT2D eigenvalue weighted by Crippen LogP contribution is -2.49. The van der Waals surface area contributed by atoms with Gasteiger partial charge in [0.05, 0.1) is 12.0 Å². The lowest BCUT2D eigenvalue weighted by molar-refractivity contribution is -0.133. The number of hydrogen-bond acceptors (Lipinski definition) is 4. The van der Waals surface area contributed by atoms with Crippen molar-refractivity contribution in [2.45, 2.75) is 64.1 Å². The summed E-state index contributed by atoms with van der Waals surface area (Å²) in [4.78, 5) is 23.3. The third kappa shape index (κ3) is 3.10. The molecule has 6 heteroatoms. The summed E-state index contributed by atoms with van der Waals surface area (Å²) >= 11 is 0. The molecule has 0 saturated carbocycles. The molecule has 1 amide bonds. The Morgan fingerprint density at radius 2 is 2.24 bits per heavy atom. The van der Waals surface area contributed by atoms with E-state index >= 15 is 0 Å². The maximum absolute atomic E-state index is 13.2. The first-order valence-electron chi connectivity index (χ1n) is 9.83. The van der Waals surface area contributed by atoms with E-state index in [1.165, 1.54) is 6.42 Å². The predicted octanol–water partition coefficient (Wildman–Crippen LogP) is 2.09. The van der Waals surface area contributed by atoms with Crippen LogP contribution in [0.25, 0.3) is 0 Å². The number of fused-ring (bicyclic) bond motifs is 2. The summed E-state index contributed by atoms with van der Waals surface area (Å²) in [5.74, 6) is 1.86. The average Bonchev–Trinajstić information content (AvgIpc) is 3.37. The molecule has 25 heavy (non-hydrogen) atoms. The Kier molecular flexibility index (Phi) is 4.82. The smallest absolute Gasteiger partial charge is 0.227 e. The highest BCUT2D eigenvalue weighted by atomic mass is 16.5. The molecule has 0 unspecified atom stereocenters. The van der Waals surface area contributed by atoms with Crippen LogP contribution in [0.4, 0.5) is 0 Å². The predicted molar refractivity (Wildman–Crippen MR) is 94.8 cm³/mol. The van der Waals surface area contributed by atoms with Crippen LogP contribution < -0.4 is 5.32 Å². The van der Waals surface area contributed by atoms with Crippen molar-refractivity contribution in [3.8, 4) is 0 Å². The first-order chi connectivity index (χ1) is 12.2. The molecule has 1 aromatic rings. The molecule has 3 saturated heterocycles. The number of nitrogens with one attached hydrogen (secondary N) is 2. The standard InChI is InChI=1S/C19H30N4O2/c1-2-19(18(24)22-12-14-5-9-25-10-6-14)11-15-3-4-16(19)23(15)13-17-20-7-8-21-17/h7-8,14-16H,2-6,9-13H2,1H3,(H,20,21)(H,22,24)/t15-,16+,19+/m0/s1. The maximum atomic E-state index is 13.2. The van der Waals surface area contributed by atoms with Crippen molar-refractivity contribution in [2.75, 3.05) is 19.8 Å². The Labute approximate surface area is 149 Å². The van der Waals surface area contributed by atoms with Crippen LogP contribution in [-0.2, 0) is 16.1 Å². The molecule has 6 nitrogen and oxygen atoms in total. The quantitative estimate of drug-likeness (QED) is 0.827. The van der Waals surface area contributed by atoms with Crippen molar-refractivity contribution in [1.82, 2.24) is 20.2 Å². The van der Waals surface area contributed by atoms with E-state index in [-0.39, 0.29) is 11.3 Å². The molecule has 0 aromatic carbocycles. The largest absolute Gasteiger partial charge is 0.381 e. The zero-order chi connectivity index (χ0) is 17.3. The molecule has 3 aliphatic rings. The number of carbonyl (C=O) groups is 1. The van der Waals surface area contributed by atoms with Crippen LogP contribution in [-0.4, -0.2) is 52.6 Å². The van der Waals surface area contributed by atoms with Crippen molar-refractivity contribution >= 4 is 5.91 Å². The molecule has 2 N–H and O–H groups in total. The first kappa shape index (κ1) is 17.0. The van der Waals surface area contributed by atoms with Gasteiger partial charge in [0, 0.05) is 44.2 Å². The summed E-state index contributed by atoms with van der Waals surface area (Å²) < 4.78 is 5.42. The van der Waals surface area contributed by atoms with E-state index in [2.05, 4.69) is 27.1 Å². The second kappa shape index (κ2) is 7.08. The van der Waals surface area contributed by atoms with Gasteiger partial charge in [-0.25, -0.2) is 4.98 Å². The van der Waals surface area contributed by atoms with Gasteiger partial charge in [0.15, 0.2) is 0 Å². The molecule has 2 bridgehead atoms. The zero-order valence-corrected chi connectivity index (χ0v) is 15.2. The van der Waals surface area contributed by atoms with E-state index in [0.29, 0.717) is 18.0 Å². The fourth-order valence-electron chi connectivity index (χ4n) is 5.25. The summed E-state index contributed by atoms with van der Waals surface area (Å²) in [6.45, 7) is 5.48. The van der Waals surface area contributed by atoms with Gasteiger partial charge in [-0.05, 0) is 44.4 Å². The Morgan fingerprint density at radius 3 is 2.96 bits per heavy atom. The lowest BCUT2D eigenvalue weighted by atomic mass is 9.71. The number of carbonyl (C=O) groups excluding carboxylic acids is 1. The number of nitrogens with zero attached hydrogens (tertiary/aromatic N) is 2. The second-order valence-corrected chi connectivity index (χ2v) is 7.93. The highest BCUT2D eigenvalue weighted by Gasteiger charge is 2.58. The number of H-pyrrole nitrogens is 1. The van der Waals surface area contributed by atoms with E-state index in [1.807, 2.05) is 6.20 Å². The van der Waals surface area contributed by atoms with Crippen LogP contribution in [0.2, 0.25) is 0 Å². The Hall–Kier alpha value is -1.40. The van der Waals surface area contributed by atoms with Crippen molar-refractivity contribution in [3.05, 3.63) is 18.2 Å². The van der Waals surface area contributed by atoms with Crippen LogP contribution >= 0.6 is 0 Å². The lowest BCUT2D eigenvalue weighted by Gasteiger charge is -2.36. The van der Waals surface area contributed by atoms with Gasteiger partial charge < -0.3 is 15.0 Å². The fourth-order valence-corrected chi connectivity index (χ4v) is 5.25. The normalized spacial score (nSPS) is 33.0. The van der Waals surface area contributed by atoms with Crippen LogP contribution in [0.3, 0.4) is 0 Å². The third-order valence-electron chi connectivity index (χ3n) is 6.74. The van der Waals surface area contributed by atoms with Gasteiger partial charge in [0.1, 0.15) is 5.82 Å². The minimum atomic E-state index is -0.222. The Morgan fingerprint density at radius 1 is 1.40 bits per heavy atom. The first-order valence-corrected chi connectivity index (χ1v) is 9.83. The topological polar surface area (TPSA) is 70.2 Å². The summed E-state index contributed by atoms with van der Waals surface area (Å²) in [7, 11) is 0. The van der Waals surface area contributed by atoms with Crippen molar-refractivity contribution in [2.24, 2.45) is 11.3 Å². The van der Waals surface area contributed by atoms with Crippen molar-refractivity contribution in [3.63, 3.8) is 0 Å². The second-order valence-electron chi connectivity index (χ2n) is 7.93. The number of imidazole rings is 1. The van der Waals surface area contributed by atoms with Gasteiger partial charge in [0.25, 0.3) is 0 Å². The summed E-state index contributed by atoms with van der Waals surface area (Å²) in [6.07, 6.45) is 10.1. The molecule has 3 atom stereocenters. The Bertz CT molecular complexity index is 584. The number of ether oxygens (including phenoxy) is 1. The van der Waals surface area contributed by atoms with E-state index in [0.717, 1.165) is 64.2 Å². The molecule has 3 fully saturated rings. The molecule has 138 valence electrons. The molecule has 1 aromatic heterocycles.